The predicted molar refractivity (Wildman–Crippen MR) is 78.9 cm³/mol. The lowest BCUT2D eigenvalue weighted by molar-refractivity contribution is -0.118. The van der Waals surface area contributed by atoms with E-state index in [-0.39, 0.29) is 17.4 Å². The van der Waals surface area contributed by atoms with Crippen molar-refractivity contribution < 1.29 is 9.90 Å². The van der Waals surface area contributed by atoms with Crippen LogP contribution in [0, 0.1) is 0 Å². The summed E-state index contributed by atoms with van der Waals surface area (Å²) in [6.45, 7) is 0. The van der Waals surface area contributed by atoms with E-state index in [1.54, 1.807) is 24.3 Å². The molecular formula is C11H11N5O2S2. The first-order chi connectivity index (χ1) is 9.63. The molecule has 0 radical (unpaired) electrons. The molecule has 0 aliphatic carbocycles. The van der Waals surface area contributed by atoms with Crippen LogP contribution in [0.3, 0.4) is 0 Å². The van der Waals surface area contributed by atoms with Crippen LogP contribution in [0.25, 0.3) is 0 Å². The molecule has 9 heteroatoms. The van der Waals surface area contributed by atoms with Gasteiger partial charge in [-0.15, -0.1) is 10.2 Å². The van der Waals surface area contributed by atoms with E-state index in [9.17, 15) is 4.79 Å². The van der Waals surface area contributed by atoms with Gasteiger partial charge in [0, 0.05) is 0 Å². The molecule has 0 spiro atoms. The number of aromatic hydroxyl groups is 1. The first kappa shape index (κ1) is 14.3. The molecule has 2 rings (SSSR count). The Morgan fingerprint density at radius 2 is 2.20 bits per heavy atom. The van der Waals surface area contributed by atoms with Crippen molar-refractivity contribution in [3.8, 4) is 5.75 Å². The first-order valence-corrected chi connectivity index (χ1v) is 7.26. The van der Waals surface area contributed by atoms with Gasteiger partial charge in [0.2, 0.25) is 5.13 Å². The lowest BCUT2D eigenvalue weighted by atomic mass is 10.2. The Labute approximate surface area is 122 Å². The van der Waals surface area contributed by atoms with Crippen molar-refractivity contribution in [3.05, 3.63) is 29.8 Å². The summed E-state index contributed by atoms with van der Waals surface area (Å²) in [5.41, 5.74) is 8.60. The third kappa shape index (κ3) is 4.52. The fourth-order valence-corrected chi connectivity index (χ4v) is 2.61. The van der Waals surface area contributed by atoms with Crippen molar-refractivity contribution >= 4 is 40.4 Å². The Balaban J connectivity index is 1.76. The summed E-state index contributed by atoms with van der Waals surface area (Å²) in [5, 5.41) is 20.7. The normalized spacial score (nSPS) is 10.8. The highest BCUT2D eigenvalue weighted by atomic mass is 32.2. The largest absolute Gasteiger partial charge is 0.508 e. The van der Waals surface area contributed by atoms with E-state index < -0.39 is 0 Å². The number of anilines is 1. The monoisotopic (exact) mass is 309 g/mol. The molecule has 7 nitrogen and oxygen atoms in total. The molecule has 104 valence electrons. The fourth-order valence-electron chi connectivity index (χ4n) is 1.18. The van der Waals surface area contributed by atoms with Gasteiger partial charge in [0.15, 0.2) is 4.34 Å². The van der Waals surface area contributed by atoms with Gasteiger partial charge in [-0.1, -0.05) is 23.1 Å². The zero-order chi connectivity index (χ0) is 14.4. The standard InChI is InChI=1S/C11H11N5O2S2/c12-10-15-16-11(20-10)19-6-9(18)14-13-5-7-1-3-8(17)4-2-7/h1-5,17H,6H2,(H2,12,15)(H,14,18)/b13-5-. The number of nitrogens with two attached hydrogens (primary N) is 1. The van der Waals surface area contributed by atoms with Gasteiger partial charge in [-0.05, 0) is 29.8 Å². The minimum atomic E-state index is -0.251. The number of nitrogens with one attached hydrogen (secondary N) is 1. The highest BCUT2D eigenvalue weighted by molar-refractivity contribution is 8.01. The van der Waals surface area contributed by atoms with Crippen molar-refractivity contribution in [3.63, 3.8) is 0 Å². The fraction of sp³-hybridized carbons (Fsp3) is 0.0909. The number of benzene rings is 1. The molecule has 2 aromatic rings. The van der Waals surface area contributed by atoms with Gasteiger partial charge in [0.05, 0.1) is 12.0 Å². The zero-order valence-electron chi connectivity index (χ0n) is 10.2. The molecule has 0 saturated carbocycles. The Morgan fingerprint density at radius 1 is 1.45 bits per heavy atom. The number of nitrogens with zero attached hydrogens (tertiary/aromatic N) is 3. The number of nitrogen functional groups attached to an aromatic ring is 1. The van der Waals surface area contributed by atoms with Crippen LogP contribution >= 0.6 is 23.1 Å². The highest BCUT2D eigenvalue weighted by Crippen LogP contribution is 2.22. The van der Waals surface area contributed by atoms with Gasteiger partial charge in [-0.3, -0.25) is 4.79 Å². The number of hydrazone groups is 1. The van der Waals surface area contributed by atoms with Crippen LogP contribution in [0.2, 0.25) is 0 Å². The number of aromatic nitrogens is 2. The molecule has 1 aromatic carbocycles. The van der Waals surface area contributed by atoms with Crippen LogP contribution in [0.4, 0.5) is 5.13 Å². The third-order valence-electron chi connectivity index (χ3n) is 2.04. The van der Waals surface area contributed by atoms with Crippen LogP contribution in [0.5, 0.6) is 5.75 Å². The minimum absolute atomic E-state index is 0.180. The molecular weight excluding hydrogens is 298 g/mol. The SMILES string of the molecule is Nc1nnc(SCC(=O)N/N=C\c2ccc(O)cc2)s1. The average molecular weight is 309 g/mol. The number of phenolic OH excluding ortho intramolecular Hbond substituents is 1. The lowest BCUT2D eigenvalue weighted by Crippen LogP contribution is -2.19. The molecule has 0 aliphatic rings. The number of hydrogen-bond donors (Lipinski definition) is 3. The molecule has 0 fully saturated rings. The first-order valence-electron chi connectivity index (χ1n) is 5.46. The topological polar surface area (TPSA) is 113 Å². The van der Waals surface area contributed by atoms with Crippen LogP contribution in [-0.2, 0) is 4.79 Å². The van der Waals surface area contributed by atoms with Crippen LogP contribution in [-0.4, -0.2) is 33.2 Å². The maximum absolute atomic E-state index is 11.5. The summed E-state index contributed by atoms with van der Waals surface area (Å²) in [6.07, 6.45) is 1.49. The molecule has 20 heavy (non-hydrogen) atoms. The van der Waals surface area contributed by atoms with Crippen LogP contribution in [0.15, 0.2) is 33.7 Å². The van der Waals surface area contributed by atoms with E-state index in [4.69, 9.17) is 10.8 Å². The van der Waals surface area contributed by atoms with E-state index in [0.717, 1.165) is 5.56 Å². The summed E-state index contributed by atoms with van der Waals surface area (Å²) in [6, 6.07) is 6.45. The van der Waals surface area contributed by atoms with E-state index in [2.05, 4.69) is 20.7 Å². The Bertz CT molecular complexity index is 612. The highest BCUT2D eigenvalue weighted by Gasteiger charge is 2.05. The number of amides is 1. The van der Waals surface area contributed by atoms with Crippen molar-refractivity contribution in [1.29, 1.82) is 0 Å². The van der Waals surface area contributed by atoms with Crippen molar-refractivity contribution in [2.45, 2.75) is 4.34 Å². The summed E-state index contributed by atoms with van der Waals surface area (Å²) < 4.78 is 0.639. The second-order valence-corrected chi connectivity index (χ2v) is 5.81. The molecule has 0 atom stereocenters. The van der Waals surface area contributed by atoms with Gasteiger partial charge in [-0.2, -0.15) is 5.10 Å². The molecule has 0 saturated heterocycles. The predicted octanol–water partition coefficient (Wildman–Crippen LogP) is 1.07. The van der Waals surface area contributed by atoms with Gasteiger partial charge in [-0.25, -0.2) is 5.43 Å². The lowest BCUT2D eigenvalue weighted by Gasteiger charge is -1.97. The average Bonchev–Trinajstić information content (AvgIpc) is 2.85. The van der Waals surface area contributed by atoms with Gasteiger partial charge >= 0.3 is 0 Å². The maximum atomic E-state index is 11.5. The molecule has 1 amide bonds. The van der Waals surface area contributed by atoms with Gasteiger partial charge in [0.1, 0.15) is 5.75 Å². The quantitative estimate of drug-likeness (QED) is 0.432. The summed E-state index contributed by atoms with van der Waals surface area (Å²) in [5.74, 6) is 0.111. The van der Waals surface area contributed by atoms with E-state index in [1.807, 2.05) is 0 Å². The molecule has 1 heterocycles. The molecule has 0 bridgehead atoms. The number of phenols is 1. The Kier molecular flexibility index (Phi) is 4.91. The smallest absolute Gasteiger partial charge is 0.250 e. The zero-order valence-corrected chi connectivity index (χ0v) is 11.8. The van der Waals surface area contributed by atoms with Crippen molar-refractivity contribution in [2.75, 3.05) is 11.5 Å². The van der Waals surface area contributed by atoms with E-state index in [1.165, 1.54) is 29.3 Å². The Morgan fingerprint density at radius 3 is 2.85 bits per heavy atom. The summed E-state index contributed by atoms with van der Waals surface area (Å²) in [7, 11) is 0. The molecule has 0 unspecified atom stereocenters. The second kappa shape index (κ2) is 6.87. The maximum Gasteiger partial charge on any atom is 0.250 e. The molecule has 4 N–H and O–H groups in total. The minimum Gasteiger partial charge on any atom is -0.508 e. The second-order valence-electron chi connectivity index (χ2n) is 3.58. The van der Waals surface area contributed by atoms with Gasteiger partial charge < -0.3 is 10.8 Å². The Hall–Kier alpha value is -2.13. The third-order valence-corrected chi connectivity index (χ3v) is 3.93. The van der Waals surface area contributed by atoms with Crippen molar-refractivity contribution in [2.24, 2.45) is 5.10 Å². The van der Waals surface area contributed by atoms with Crippen molar-refractivity contribution in [1.82, 2.24) is 15.6 Å². The summed E-state index contributed by atoms with van der Waals surface area (Å²) in [4.78, 5) is 11.5. The van der Waals surface area contributed by atoms with E-state index in [0.29, 0.717) is 9.47 Å². The molecule has 1 aromatic heterocycles. The van der Waals surface area contributed by atoms with Gasteiger partial charge in [0.25, 0.3) is 5.91 Å². The van der Waals surface area contributed by atoms with Crippen LogP contribution in [0.1, 0.15) is 5.56 Å². The number of carbonyl (C=O) groups is 1. The molecule has 0 aliphatic heterocycles. The van der Waals surface area contributed by atoms with E-state index >= 15 is 0 Å². The number of rotatable bonds is 5. The number of thioether (sulfide) groups is 1. The number of hydrogen-bond acceptors (Lipinski definition) is 8. The van der Waals surface area contributed by atoms with Crippen LogP contribution < -0.4 is 11.2 Å². The number of carbonyl (C=O) groups excluding carboxylic acids is 1. The summed E-state index contributed by atoms with van der Waals surface area (Å²) >= 11 is 2.47.